The average Bonchev–Trinajstić information content (AvgIpc) is 2.58. The van der Waals surface area contributed by atoms with E-state index < -0.39 is 41.3 Å². The molecular formula is C15H7F5N2O. The van der Waals surface area contributed by atoms with Crippen molar-refractivity contribution in [3.05, 3.63) is 70.0 Å². The third kappa shape index (κ3) is 3.45. The Hall–Kier alpha value is -2.95. The molecule has 2 rings (SSSR count). The van der Waals surface area contributed by atoms with Gasteiger partial charge in [0.05, 0.1) is 23.4 Å². The molecule has 0 saturated heterocycles. The predicted molar refractivity (Wildman–Crippen MR) is 69.8 cm³/mol. The molecule has 0 aliphatic carbocycles. The van der Waals surface area contributed by atoms with Gasteiger partial charge in [-0.2, -0.15) is 5.26 Å². The number of rotatable bonds is 4. The Labute approximate surface area is 127 Å². The number of nitrogens with zero attached hydrogens (tertiary/aromatic N) is 2. The van der Waals surface area contributed by atoms with Gasteiger partial charge in [-0.3, -0.25) is 0 Å². The molecule has 0 unspecified atom stereocenters. The van der Waals surface area contributed by atoms with Gasteiger partial charge in [0.2, 0.25) is 5.82 Å². The lowest BCUT2D eigenvalue weighted by atomic mass is 10.2. The van der Waals surface area contributed by atoms with Gasteiger partial charge in [0.15, 0.2) is 23.3 Å². The summed E-state index contributed by atoms with van der Waals surface area (Å²) in [4.78, 5) is 4.56. The molecule has 0 N–H and O–H groups in total. The fraction of sp³-hybridized carbons (Fsp3) is 0.0667. The zero-order valence-electron chi connectivity index (χ0n) is 11.3. The second-order valence-electron chi connectivity index (χ2n) is 4.29. The van der Waals surface area contributed by atoms with Crippen LogP contribution in [0.2, 0.25) is 0 Å². The Morgan fingerprint density at radius 2 is 1.43 bits per heavy atom. The molecular weight excluding hydrogens is 319 g/mol. The SMILES string of the molecule is N#Cc1ccc(C=NOCc2c(F)c(F)c(F)c(F)c2F)cc1. The summed E-state index contributed by atoms with van der Waals surface area (Å²) < 4.78 is 65.5. The topological polar surface area (TPSA) is 45.4 Å². The second-order valence-corrected chi connectivity index (χ2v) is 4.29. The molecule has 0 radical (unpaired) electrons. The van der Waals surface area contributed by atoms with E-state index in [0.717, 1.165) is 6.21 Å². The maximum absolute atomic E-state index is 13.4. The van der Waals surface area contributed by atoms with Gasteiger partial charge in [-0.05, 0) is 17.7 Å². The van der Waals surface area contributed by atoms with Crippen LogP contribution in [-0.4, -0.2) is 6.21 Å². The fourth-order valence-electron chi connectivity index (χ4n) is 1.62. The highest BCUT2D eigenvalue weighted by Crippen LogP contribution is 2.23. The van der Waals surface area contributed by atoms with Crippen molar-refractivity contribution < 1.29 is 26.8 Å². The van der Waals surface area contributed by atoms with Gasteiger partial charge >= 0.3 is 0 Å². The van der Waals surface area contributed by atoms with Gasteiger partial charge in [0.1, 0.15) is 6.61 Å². The summed E-state index contributed by atoms with van der Waals surface area (Å²) in [6.45, 7) is -0.932. The first-order valence-corrected chi connectivity index (χ1v) is 6.11. The van der Waals surface area contributed by atoms with E-state index in [4.69, 9.17) is 5.26 Å². The minimum absolute atomic E-state index is 0.421. The monoisotopic (exact) mass is 326 g/mol. The number of halogens is 5. The number of nitriles is 1. The van der Waals surface area contributed by atoms with Crippen molar-refractivity contribution in [2.75, 3.05) is 0 Å². The van der Waals surface area contributed by atoms with E-state index in [2.05, 4.69) is 9.99 Å². The van der Waals surface area contributed by atoms with Crippen molar-refractivity contribution in [3.8, 4) is 6.07 Å². The summed E-state index contributed by atoms with van der Waals surface area (Å²) >= 11 is 0. The van der Waals surface area contributed by atoms with Crippen LogP contribution in [0.15, 0.2) is 29.4 Å². The molecule has 0 heterocycles. The molecule has 23 heavy (non-hydrogen) atoms. The van der Waals surface area contributed by atoms with Crippen LogP contribution in [0.5, 0.6) is 0 Å². The number of hydrogen-bond acceptors (Lipinski definition) is 3. The van der Waals surface area contributed by atoms with Gasteiger partial charge in [-0.15, -0.1) is 0 Å². The number of hydrogen-bond donors (Lipinski definition) is 0. The highest BCUT2D eigenvalue weighted by atomic mass is 19.2. The summed E-state index contributed by atoms with van der Waals surface area (Å²) in [6, 6.07) is 7.98. The molecule has 0 aliphatic heterocycles. The van der Waals surface area contributed by atoms with Crippen molar-refractivity contribution in [2.45, 2.75) is 6.61 Å². The molecule has 2 aromatic rings. The quantitative estimate of drug-likeness (QED) is 0.282. The fourth-order valence-corrected chi connectivity index (χ4v) is 1.62. The normalized spacial score (nSPS) is 10.8. The minimum atomic E-state index is -2.23. The molecule has 0 bridgehead atoms. The Bertz CT molecular complexity index is 768. The lowest BCUT2D eigenvalue weighted by molar-refractivity contribution is 0.124. The molecule has 0 atom stereocenters. The molecule has 8 heteroatoms. The van der Waals surface area contributed by atoms with E-state index in [9.17, 15) is 22.0 Å². The van der Waals surface area contributed by atoms with Crippen LogP contribution in [0.3, 0.4) is 0 Å². The summed E-state index contributed by atoms with van der Waals surface area (Å²) in [6.07, 6.45) is 1.16. The molecule has 0 aliphatic rings. The van der Waals surface area contributed by atoms with Crippen LogP contribution >= 0.6 is 0 Å². The van der Waals surface area contributed by atoms with Gasteiger partial charge in [0.25, 0.3) is 0 Å². The van der Waals surface area contributed by atoms with E-state index in [1.54, 1.807) is 0 Å². The van der Waals surface area contributed by atoms with Gasteiger partial charge in [0, 0.05) is 0 Å². The molecule has 0 aromatic heterocycles. The minimum Gasteiger partial charge on any atom is -0.391 e. The molecule has 2 aromatic carbocycles. The van der Waals surface area contributed by atoms with Gasteiger partial charge in [-0.25, -0.2) is 22.0 Å². The molecule has 3 nitrogen and oxygen atoms in total. The standard InChI is InChI=1S/C15H7F5N2O/c16-11-10(12(17)14(19)15(20)13(11)18)7-23-22-6-9-3-1-8(5-21)2-4-9/h1-4,6H,7H2. The summed E-state index contributed by atoms with van der Waals surface area (Å²) in [7, 11) is 0. The van der Waals surface area contributed by atoms with E-state index in [-0.39, 0.29) is 0 Å². The first kappa shape index (κ1) is 16.4. The molecule has 0 saturated carbocycles. The molecule has 0 spiro atoms. The van der Waals surface area contributed by atoms with E-state index in [1.165, 1.54) is 24.3 Å². The number of benzene rings is 2. The van der Waals surface area contributed by atoms with Crippen LogP contribution in [0, 0.1) is 40.4 Å². The highest BCUT2D eigenvalue weighted by Gasteiger charge is 2.25. The molecule has 0 fully saturated rings. The zero-order chi connectivity index (χ0) is 17.0. The van der Waals surface area contributed by atoms with Gasteiger partial charge < -0.3 is 4.84 Å². The van der Waals surface area contributed by atoms with Crippen molar-refractivity contribution in [1.82, 2.24) is 0 Å². The second kappa shape index (κ2) is 6.87. The van der Waals surface area contributed by atoms with E-state index in [0.29, 0.717) is 11.1 Å². The van der Waals surface area contributed by atoms with Crippen molar-refractivity contribution in [2.24, 2.45) is 5.16 Å². The summed E-state index contributed by atoms with van der Waals surface area (Å²) in [5.41, 5.74) is -0.177. The van der Waals surface area contributed by atoms with Crippen LogP contribution in [-0.2, 0) is 11.4 Å². The zero-order valence-corrected chi connectivity index (χ0v) is 11.3. The Kier molecular flexibility index (Phi) is 4.91. The van der Waals surface area contributed by atoms with E-state index >= 15 is 0 Å². The summed E-state index contributed by atoms with van der Waals surface area (Å²) in [5.74, 6) is -10.2. The predicted octanol–water partition coefficient (Wildman–Crippen LogP) is 3.80. The summed E-state index contributed by atoms with van der Waals surface area (Å²) in [5, 5.41) is 12.0. The van der Waals surface area contributed by atoms with Crippen LogP contribution in [0.1, 0.15) is 16.7 Å². The maximum Gasteiger partial charge on any atom is 0.200 e. The number of oxime groups is 1. The molecule has 0 amide bonds. The Morgan fingerprint density at radius 1 is 0.913 bits per heavy atom. The first-order chi connectivity index (χ1) is 11.0. The lowest BCUT2D eigenvalue weighted by Gasteiger charge is -2.06. The third-order valence-electron chi connectivity index (χ3n) is 2.83. The Balaban J connectivity index is 2.09. The average molecular weight is 326 g/mol. The third-order valence-corrected chi connectivity index (χ3v) is 2.83. The van der Waals surface area contributed by atoms with Crippen molar-refractivity contribution in [1.29, 1.82) is 5.26 Å². The molecule has 118 valence electrons. The highest BCUT2D eigenvalue weighted by molar-refractivity contribution is 5.79. The van der Waals surface area contributed by atoms with Crippen LogP contribution < -0.4 is 0 Å². The lowest BCUT2D eigenvalue weighted by Crippen LogP contribution is -2.07. The first-order valence-electron chi connectivity index (χ1n) is 6.11. The van der Waals surface area contributed by atoms with Crippen molar-refractivity contribution in [3.63, 3.8) is 0 Å². The van der Waals surface area contributed by atoms with E-state index in [1.807, 2.05) is 6.07 Å². The smallest absolute Gasteiger partial charge is 0.200 e. The van der Waals surface area contributed by atoms with Crippen LogP contribution in [0.4, 0.5) is 22.0 Å². The van der Waals surface area contributed by atoms with Crippen molar-refractivity contribution >= 4 is 6.21 Å². The van der Waals surface area contributed by atoms with Gasteiger partial charge in [-0.1, -0.05) is 17.3 Å². The Morgan fingerprint density at radius 3 is 1.96 bits per heavy atom. The largest absolute Gasteiger partial charge is 0.391 e. The van der Waals surface area contributed by atoms with Crippen LogP contribution in [0.25, 0.3) is 0 Å². The maximum atomic E-state index is 13.4.